The number of rotatable bonds is 6. The van der Waals surface area contributed by atoms with Crippen molar-refractivity contribution in [3.63, 3.8) is 0 Å². The molecule has 4 amide bonds. The van der Waals surface area contributed by atoms with Crippen molar-refractivity contribution >= 4 is 23.9 Å². The Balaban J connectivity index is 1.59. The zero-order valence-corrected chi connectivity index (χ0v) is 15.9. The van der Waals surface area contributed by atoms with Crippen LogP contribution in [-0.2, 0) is 22.7 Å². The number of carbonyl (C=O) groups is 3. The molecule has 0 spiro atoms. The summed E-state index contributed by atoms with van der Waals surface area (Å²) in [5, 5.41) is 2.20. The highest BCUT2D eigenvalue weighted by atomic mass is 16.5. The van der Waals surface area contributed by atoms with Crippen LogP contribution in [0.4, 0.5) is 4.79 Å². The van der Waals surface area contributed by atoms with Crippen LogP contribution in [0.15, 0.2) is 83.0 Å². The van der Waals surface area contributed by atoms with Crippen LogP contribution in [0.25, 0.3) is 6.08 Å². The number of barbiturate groups is 1. The molecule has 1 aliphatic heterocycles. The molecule has 0 atom stereocenters. The minimum absolute atomic E-state index is 0.0750. The van der Waals surface area contributed by atoms with Crippen molar-refractivity contribution in [2.45, 2.75) is 13.2 Å². The van der Waals surface area contributed by atoms with Gasteiger partial charge in [-0.1, -0.05) is 48.5 Å². The molecule has 0 aliphatic carbocycles. The fourth-order valence-corrected chi connectivity index (χ4v) is 3.02. The first-order valence-electron chi connectivity index (χ1n) is 9.29. The lowest BCUT2D eigenvalue weighted by atomic mass is 10.1. The molecule has 0 saturated carbocycles. The number of hydrogen-bond donors (Lipinski definition) is 1. The lowest BCUT2D eigenvalue weighted by molar-refractivity contribution is -0.130. The van der Waals surface area contributed by atoms with E-state index in [1.165, 1.54) is 12.3 Å². The lowest BCUT2D eigenvalue weighted by Gasteiger charge is -2.25. The molecular weight excluding hydrogens is 384 g/mol. The van der Waals surface area contributed by atoms with Gasteiger partial charge >= 0.3 is 6.03 Å². The summed E-state index contributed by atoms with van der Waals surface area (Å²) in [5.74, 6) is -0.501. The summed E-state index contributed by atoms with van der Waals surface area (Å²) in [5.41, 5.74) is 1.39. The molecule has 0 radical (unpaired) electrons. The fourth-order valence-electron chi connectivity index (χ4n) is 3.02. The number of hydrogen-bond acceptors (Lipinski definition) is 5. The van der Waals surface area contributed by atoms with E-state index in [1.807, 2.05) is 30.3 Å². The van der Waals surface area contributed by atoms with E-state index in [4.69, 9.17) is 9.15 Å². The second-order valence-corrected chi connectivity index (χ2v) is 6.60. The molecule has 2 heterocycles. The van der Waals surface area contributed by atoms with Crippen LogP contribution in [-0.4, -0.2) is 22.7 Å². The molecule has 1 saturated heterocycles. The Morgan fingerprint density at radius 3 is 2.47 bits per heavy atom. The summed E-state index contributed by atoms with van der Waals surface area (Å²) in [4.78, 5) is 38.3. The minimum atomic E-state index is -0.785. The maximum absolute atomic E-state index is 12.9. The van der Waals surface area contributed by atoms with Gasteiger partial charge in [0.25, 0.3) is 11.8 Å². The molecule has 150 valence electrons. The summed E-state index contributed by atoms with van der Waals surface area (Å²) in [6.07, 6.45) is 2.88. The predicted octanol–water partition coefficient (Wildman–Crippen LogP) is 3.52. The highest BCUT2D eigenvalue weighted by molar-refractivity contribution is 6.31. The molecule has 3 aromatic rings. The zero-order chi connectivity index (χ0) is 20.9. The summed E-state index contributed by atoms with van der Waals surface area (Å²) in [7, 11) is 0. The van der Waals surface area contributed by atoms with E-state index < -0.39 is 17.8 Å². The van der Waals surface area contributed by atoms with Crippen molar-refractivity contribution in [2.24, 2.45) is 0 Å². The van der Waals surface area contributed by atoms with Gasteiger partial charge in [0.1, 0.15) is 23.7 Å². The number of imide groups is 2. The van der Waals surface area contributed by atoms with Gasteiger partial charge in [-0.05, 0) is 29.8 Å². The Kier molecular flexibility index (Phi) is 5.43. The van der Waals surface area contributed by atoms with Gasteiger partial charge in [0, 0.05) is 5.56 Å². The zero-order valence-electron chi connectivity index (χ0n) is 15.9. The Morgan fingerprint density at radius 2 is 1.70 bits per heavy atom. The van der Waals surface area contributed by atoms with E-state index >= 15 is 0 Å². The monoisotopic (exact) mass is 402 g/mol. The summed E-state index contributed by atoms with van der Waals surface area (Å²) >= 11 is 0. The van der Waals surface area contributed by atoms with Crippen molar-refractivity contribution in [1.29, 1.82) is 0 Å². The summed E-state index contributed by atoms with van der Waals surface area (Å²) < 4.78 is 11.1. The average molecular weight is 402 g/mol. The molecule has 1 aliphatic rings. The number of ether oxygens (including phenoxy) is 1. The van der Waals surface area contributed by atoms with E-state index in [9.17, 15) is 14.4 Å². The SMILES string of the molecule is O=C1NC(=O)N(Cc2ccco2)C(=O)/C1=C/c1ccccc1OCc1ccccc1. The highest BCUT2D eigenvalue weighted by Crippen LogP contribution is 2.24. The Labute approximate surface area is 172 Å². The molecule has 0 unspecified atom stereocenters. The lowest BCUT2D eigenvalue weighted by Crippen LogP contribution is -2.53. The molecular formula is C23H18N2O5. The second kappa shape index (κ2) is 8.48. The normalized spacial score (nSPS) is 15.4. The van der Waals surface area contributed by atoms with Gasteiger partial charge in [-0.3, -0.25) is 19.8 Å². The molecule has 4 rings (SSSR count). The van der Waals surface area contributed by atoms with Crippen LogP contribution in [0.5, 0.6) is 5.75 Å². The summed E-state index contributed by atoms with van der Waals surface area (Å²) in [6, 6.07) is 19.2. The van der Waals surface area contributed by atoms with Crippen LogP contribution in [0.3, 0.4) is 0 Å². The topological polar surface area (TPSA) is 88.9 Å². The quantitative estimate of drug-likeness (QED) is 0.503. The van der Waals surface area contributed by atoms with Gasteiger partial charge < -0.3 is 9.15 Å². The van der Waals surface area contributed by atoms with E-state index in [-0.39, 0.29) is 12.1 Å². The molecule has 1 aromatic heterocycles. The third-order valence-electron chi connectivity index (χ3n) is 4.54. The number of nitrogens with one attached hydrogen (secondary N) is 1. The largest absolute Gasteiger partial charge is 0.488 e. The molecule has 2 aromatic carbocycles. The smallest absolute Gasteiger partial charge is 0.331 e. The van der Waals surface area contributed by atoms with Crippen molar-refractivity contribution in [1.82, 2.24) is 10.2 Å². The van der Waals surface area contributed by atoms with Gasteiger partial charge in [0.2, 0.25) is 0 Å². The second-order valence-electron chi connectivity index (χ2n) is 6.60. The number of amides is 4. The maximum atomic E-state index is 12.9. The number of nitrogens with zero attached hydrogens (tertiary/aromatic N) is 1. The summed E-state index contributed by atoms with van der Waals surface area (Å²) in [6.45, 7) is 0.263. The van der Waals surface area contributed by atoms with Crippen molar-refractivity contribution in [3.05, 3.63) is 95.5 Å². The molecule has 0 bridgehead atoms. The van der Waals surface area contributed by atoms with E-state index in [0.717, 1.165) is 10.5 Å². The third-order valence-corrected chi connectivity index (χ3v) is 4.54. The van der Waals surface area contributed by atoms with Crippen LogP contribution < -0.4 is 10.1 Å². The van der Waals surface area contributed by atoms with Gasteiger partial charge in [-0.2, -0.15) is 0 Å². The third kappa shape index (κ3) is 4.15. The van der Waals surface area contributed by atoms with E-state index in [0.29, 0.717) is 23.7 Å². The van der Waals surface area contributed by atoms with Crippen LogP contribution in [0, 0.1) is 0 Å². The number of furan rings is 1. The first-order valence-corrected chi connectivity index (χ1v) is 9.29. The van der Waals surface area contributed by atoms with E-state index in [1.54, 1.807) is 36.4 Å². The number of urea groups is 1. The molecule has 7 nitrogen and oxygen atoms in total. The highest BCUT2D eigenvalue weighted by Gasteiger charge is 2.36. The van der Waals surface area contributed by atoms with Crippen LogP contribution in [0.1, 0.15) is 16.9 Å². The Morgan fingerprint density at radius 1 is 0.933 bits per heavy atom. The molecule has 1 N–H and O–H groups in total. The number of para-hydroxylation sites is 1. The molecule has 7 heteroatoms. The standard InChI is InChI=1S/C23H18N2O5/c26-21-19(22(27)25(23(28)24-21)14-18-10-6-12-29-18)13-17-9-4-5-11-20(17)30-15-16-7-2-1-3-8-16/h1-13H,14-15H2,(H,24,26,28)/b19-13+. The molecule has 1 fully saturated rings. The van der Waals surface area contributed by atoms with Gasteiger partial charge in [-0.25, -0.2) is 4.79 Å². The van der Waals surface area contributed by atoms with Crippen molar-refractivity contribution in [2.75, 3.05) is 0 Å². The Bertz CT molecular complexity index is 1100. The van der Waals surface area contributed by atoms with E-state index in [2.05, 4.69) is 5.32 Å². The van der Waals surface area contributed by atoms with Crippen LogP contribution >= 0.6 is 0 Å². The maximum Gasteiger partial charge on any atom is 0.331 e. The Hall–Kier alpha value is -4.13. The predicted molar refractivity (Wildman–Crippen MR) is 108 cm³/mol. The van der Waals surface area contributed by atoms with Crippen molar-refractivity contribution < 1.29 is 23.5 Å². The van der Waals surface area contributed by atoms with Crippen molar-refractivity contribution in [3.8, 4) is 5.75 Å². The average Bonchev–Trinajstić information content (AvgIpc) is 3.27. The number of benzene rings is 2. The molecule has 30 heavy (non-hydrogen) atoms. The fraction of sp³-hybridized carbons (Fsp3) is 0.0870. The first-order chi connectivity index (χ1) is 14.6. The number of carbonyl (C=O) groups excluding carboxylic acids is 3. The van der Waals surface area contributed by atoms with Crippen LogP contribution in [0.2, 0.25) is 0 Å². The van der Waals surface area contributed by atoms with Gasteiger partial charge in [0.15, 0.2) is 0 Å². The van der Waals surface area contributed by atoms with Gasteiger partial charge in [0.05, 0.1) is 12.8 Å². The first kappa shape index (κ1) is 19.2. The minimum Gasteiger partial charge on any atom is -0.488 e. The van der Waals surface area contributed by atoms with Gasteiger partial charge in [-0.15, -0.1) is 0 Å².